The molecule has 0 bridgehead atoms. The summed E-state index contributed by atoms with van der Waals surface area (Å²) in [5.41, 5.74) is 1.49. The van der Waals surface area contributed by atoms with Crippen molar-refractivity contribution in [1.29, 1.82) is 0 Å². The minimum atomic E-state index is 0.178. The standard InChI is InChI=1S/C11H11IO4/c1-14-10-8(5-13)7(2-3-12)4-9-11(10)16-6-15-9/h4-5H,2-3,6H2,1H3. The molecule has 1 heterocycles. The molecule has 0 radical (unpaired) electrons. The fourth-order valence-electron chi connectivity index (χ4n) is 1.72. The number of aryl methyl sites for hydroxylation is 1. The van der Waals surface area contributed by atoms with Crippen molar-refractivity contribution in [2.75, 3.05) is 18.3 Å². The topological polar surface area (TPSA) is 44.8 Å². The number of hydrogen-bond acceptors (Lipinski definition) is 4. The van der Waals surface area contributed by atoms with Crippen LogP contribution in [0.5, 0.6) is 17.2 Å². The first-order chi connectivity index (χ1) is 7.81. The number of alkyl halides is 1. The van der Waals surface area contributed by atoms with Crippen molar-refractivity contribution in [1.82, 2.24) is 0 Å². The first-order valence-corrected chi connectivity index (χ1v) is 6.35. The van der Waals surface area contributed by atoms with E-state index < -0.39 is 0 Å². The van der Waals surface area contributed by atoms with Crippen LogP contribution < -0.4 is 14.2 Å². The van der Waals surface area contributed by atoms with Gasteiger partial charge in [0.25, 0.3) is 0 Å². The van der Waals surface area contributed by atoms with Gasteiger partial charge in [-0.25, -0.2) is 0 Å². The van der Waals surface area contributed by atoms with Crippen LogP contribution in [0.4, 0.5) is 0 Å². The maximum Gasteiger partial charge on any atom is 0.231 e. The third-order valence-electron chi connectivity index (χ3n) is 2.43. The second-order valence-corrected chi connectivity index (χ2v) is 4.35. The van der Waals surface area contributed by atoms with Crippen molar-refractivity contribution >= 4 is 28.9 Å². The molecule has 1 aliphatic heterocycles. The Hall–Kier alpha value is -0.980. The second kappa shape index (κ2) is 4.90. The van der Waals surface area contributed by atoms with E-state index in [1.165, 1.54) is 7.11 Å². The molecule has 1 aromatic carbocycles. The van der Waals surface area contributed by atoms with E-state index in [4.69, 9.17) is 14.2 Å². The van der Waals surface area contributed by atoms with Crippen molar-refractivity contribution in [3.05, 3.63) is 17.2 Å². The summed E-state index contributed by atoms with van der Waals surface area (Å²) in [6.07, 6.45) is 1.62. The van der Waals surface area contributed by atoms with Crippen LogP contribution in [-0.4, -0.2) is 24.6 Å². The molecule has 1 aliphatic rings. The van der Waals surface area contributed by atoms with Gasteiger partial charge in [-0.3, -0.25) is 4.79 Å². The quantitative estimate of drug-likeness (QED) is 0.481. The van der Waals surface area contributed by atoms with Crippen molar-refractivity contribution in [2.24, 2.45) is 0 Å². The number of methoxy groups -OCH3 is 1. The molecule has 16 heavy (non-hydrogen) atoms. The molecule has 0 amide bonds. The van der Waals surface area contributed by atoms with E-state index in [0.29, 0.717) is 22.8 Å². The summed E-state index contributed by atoms with van der Waals surface area (Å²) in [5, 5.41) is 0. The molecule has 0 N–H and O–H groups in total. The molecule has 0 saturated carbocycles. The van der Waals surface area contributed by atoms with Gasteiger partial charge in [0.05, 0.1) is 12.7 Å². The molecule has 0 aromatic heterocycles. The smallest absolute Gasteiger partial charge is 0.231 e. The zero-order valence-corrected chi connectivity index (χ0v) is 10.9. The SMILES string of the molecule is COc1c(C=O)c(CCI)cc2c1OCO2. The number of rotatable bonds is 4. The van der Waals surface area contributed by atoms with E-state index in [-0.39, 0.29) is 6.79 Å². The molecule has 4 nitrogen and oxygen atoms in total. The molecule has 1 aromatic rings. The molecule has 0 aliphatic carbocycles. The lowest BCUT2D eigenvalue weighted by Crippen LogP contribution is -1.99. The highest BCUT2D eigenvalue weighted by atomic mass is 127. The van der Waals surface area contributed by atoms with Gasteiger partial charge >= 0.3 is 0 Å². The number of carbonyl (C=O) groups is 1. The predicted molar refractivity (Wildman–Crippen MR) is 67.1 cm³/mol. The lowest BCUT2D eigenvalue weighted by atomic mass is 10.0. The van der Waals surface area contributed by atoms with Gasteiger partial charge in [0.2, 0.25) is 12.5 Å². The number of fused-ring (bicyclic) bond motifs is 1. The minimum absolute atomic E-state index is 0.178. The fraction of sp³-hybridized carbons (Fsp3) is 0.364. The highest BCUT2D eigenvalue weighted by Crippen LogP contribution is 2.44. The normalized spacial score (nSPS) is 12.6. The largest absolute Gasteiger partial charge is 0.492 e. The summed E-state index contributed by atoms with van der Waals surface area (Å²) in [6, 6.07) is 1.85. The van der Waals surface area contributed by atoms with Crippen molar-refractivity contribution in [3.8, 4) is 17.2 Å². The zero-order chi connectivity index (χ0) is 11.5. The van der Waals surface area contributed by atoms with Crippen LogP contribution in [0.1, 0.15) is 15.9 Å². The molecule has 0 unspecified atom stereocenters. The van der Waals surface area contributed by atoms with E-state index in [0.717, 1.165) is 22.7 Å². The Balaban J connectivity index is 2.58. The summed E-state index contributed by atoms with van der Waals surface area (Å²) in [6.45, 7) is 0.178. The number of hydrogen-bond donors (Lipinski definition) is 0. The van der Waals surface area contributed by atoms with Gasteiger partial charge in [0.15, 0.2) is 17.8 Å². The van der Waals surface area contributed by atoms with E-state index in [9.17, 15) is 4.79 Å². The predicted octanol–water partition coefficient (Wildman–Crippen LogP) is 2.21. The Morgan fingerprint density at radius 3 is 3.00 bits per heavy atom. The first-order valence-electron chi connectivity index (χ1n) is 4.82. The molecule has 0 spiro atoms. The Labute approximate surface area is 107 Å². The Morgan fingerprint density at radius 1 is 1.56 bits per heavy atom. The van der Waals surface area contributed by atoms with Gasteiger partial charge in [-0.2, -0.15) is 0 Å². The van der Waals surface area contributed by atoms with Crippen molar-refractivity contribution < 1.29 is 19.0 Å². The molecule has 86 valence electrons. The van der Waals surface area contributed by atoms with E-state index >= 15 is 0 Å². The first kappa shape index (κ1) is 11.5. The van der Waals surface area contributed by atoms with Crippen LogP contribution in [0, 0.1) is 0 Å². The average Bonchev–Trinajstić information content (AvgIpc) is 2.75. The average molecular weight is 334 g/mol. The van der Waals surface area contributed by atoms with Crippen LogP contribution in [0.2, 0.25) is 0 Å². The van der Waals surface area contributed by atoms with Crippen LogP contribution in [-0.2, 0) is 6.42 Å². The molecular weight excluding hydrogens is 323 g/mol. The Bertz CT molecular complexity index is 417. The van der Waals surface area contributed by atoms with Gasteiger partial charge in [-0.05, 0) is 18.1 Å². The monoisotopic (exact) mass is 334 g/mol. The maximum atomic E-state index is 11.1. The summed E-state index contributed by atoms with van der Waals surface area (Å²) < 4.78 is 16.8. The number of ether oxygens (including phenoxy) is 3. The molecule has 0 fully saturated rings. The highest BCUT2D eigenvalue weighted by molar-refractivity contribution is 14.1. The molecule has 0 atom stereocenters. The molecule has 0 saturated heterocycles. The van der Waals surface area contributed by atoms with Crippen LogP contribution in [0.25, 0.3) is 0 Å². The summed E-state index contributed by atoms with van der Waals surface area (Å²) in [7, 11) is 1.53. The third kappa shape index (κ3) is 1.83. The highest BCUT2D eigenvalue weighted by Gasteiger charge is 2.24. The number of halogens is 1. The zero-order valence-electron chi connectivity index (χ0n) is 8.79. The lowest BCUT2D eigenvalue weighted by molar-refractivity contribution is 0.111. The van der Waals surface area contributed by atoms with Gasteiger partial charge < -0.3 is 14.2 Å². The van der Waals surface area contributed by atoms with Crippen molar-refractivity contribution in [2.45, 2.75) is 6.42 Å². The minimum Gasteiger partial charge on any atom is -0.492 e. The second-order valence-electron chi connectivity index (χ2n) is 3.27. The Kier molecular flexibility index (Phi) is 3.52. The van der Waals surface area contributed by atoms with E-state index in [1.807, 2.05) is 6.07 Å². The molecule has 2 rings (SSSR count). The maximum absolute atomic E-state index is 11.1. The lowest BCUT2D eigenvalue weighted by Gasteiger charge is -2.11. The van der Waals surface area contributed by atoms with E-state index in [1.54, 1.807) is 0 Å². The van der Waals surface area contributed by atoms with Gasteiger partial charge in [0, 0.05) is 4.43 Å². The molecular formula is C11H11IO4. The summed E-state index contributed by atoms with van der Waals surface area (Å²) in [4.78, 5) is 11.1. The van der Waals surface area contributed by atoms with Gasteiger partial charge in [-0.1, -0.05) is 22.6 Å². The fourth-order valence-corrected chi connectivity index (χ4v) is 2.30. The van der Waals surface area contributed by atoms with Crippen LogP contribution in [0.15, 0.2) is 6.07 Å². The van der Waals surface area contributed by atoms with Crippen LogP contribution in [0.3, 0.4) is 0 Å². The summed E-state index contributed by atoms with van der Waals surface area (Å²) in [5.74, 6) is 1.66. The number of carbonyl (C=O) groups excluding carboxylic acids is 1. The van der Waals surface area contributed by atoms with Gasteiger partial charge in [0.1, 0.15) is 0 Å². The van der Waals surface area contributed by atoms with Gasteiger partial charge in [-0.15, -0.1) is 0 Å². The number of benzene rings is 1. The third-order valence-corrected chi connectivity index (χ3v) is 2.97. The molecule has 5 heteroatoms. The van der Waals surface area contributed by atoms with Crippen molar-refractivity contribution in [3.63, 3.8) is 0 Å². The number of aldehydes is 1. The summed E-state index contributed by atoms with van der Waals surface area (Å²) >= 11 is 2.27. The van der Waals surface area contributed by atoms with E-state index in [2.05, 4.69) is 22.6 Å². The Morgan fingerprint density at radius 2 is 2.38 bits per heavy atom. The van der Waals surface area contributed by atoms with Crippen LogP contribution >= 0.6 is 22.6 Å².